The van der Waals surface area contributed by atoms with E-state index in [2.05, 4.69) is 10.5 Å². The fourth-order valence-electron chi connectivity index (χ4n) is 2.78. The van der Waals surface area contributed by atoms with Gasteiger partial charge >= 0.3 is 0 Å². The molecule has 0 unspecified atom stereocenters. The molecule has 1 heterocycles. The van der Waals surface area contributed by atoms with E-state index in [1.54, 1.807) is 18.2 Å². The summed E-state index contributed by atoms with van der Waals surface area (Å²) in [5.74, 6) is 0.00273. The number of phenolic OH excluding ortho intramolecular Hbond substituents is 1. The Kier molecular flexibility index (Phi) is 3.78. The lowest BCUT2D eigenvalue weighted by atomic mass is 10.0. The second-order valence-corrected chi connectivity index (χ2v) is 5.81. The first-order valence-electron chi connectivity index (χ1n) is 7.39. The number of aryl methyl sites for hydroxylation is 3. The van der Waals surface area contributed by atoms with Crippen molar-refractivity contribution in [3.8, 4) is 5.75 Å². The first kappa shape index (κ1) is 15.1. The highest BCUT2D eigenvalue weighted by Gasteiger charge is 2.15. The van der Waals surface area contributed by atoms with Crippen LogP contribution < -0.4 is 5.32 Å². The maximum atomic E-state index is 12.3. The summed E-state index contributed by atoms with van der Waals surface area (Å²) in [6, 6.07) is 8.79. The summed E-state index contributed by atoms with van der Waals surface area (Å²) in [7, 11) is 0. The van der Waals surface area contributed by atoms with E-state index in [0.29, 0.717) is 17.0 Å². The lowest BCUT2D eigenvalue weighted by Crippen LogP contribution is -2.15. The van der Waals surface area contributed by atoms with Gasteiger partial charge in [0.15, 0.2) is 5.58 Å². The molecule has 0 saturated heterocycles. The normalized spacial score (nSPS) is 10.9. The maximum absolute atomic E-state index is 12.3. The molecule has 23 heavy (non-hydrogen) atoms. The summed E-state index contributed by atoms with van der Waals surface area (Å²) in [5, 5.41) is 17.2. The monoisotopic (exact) mass is 310 g/mol. The van der Waals surface area contributed by atoms with Gasteiger partial charge in [0.05, 0.1) is 6.42 Å². The smallest absolute Gasteiger partial charge is 0.230 e. The Morgan fingerprint density at radius 3 is 2.70 bits per heavy atom. The average Bonchev–Trinajstić information content (AvgIpc) is 2.85. The SMILES string of the molecule is Cc1cc(C)c2c(CC(=O)Nc3ccc(O)cc3C)noc2c1. The Morgan fingerprint density at radius 1 is 1.17 bits per heavy atom. The number of nitrogens with zero attached hydrogens (tertiary/aromatic N) is 1. The zero-order valence-corrected chi connectivity index (χ0v) is 13.3. The minimum Gasteiger partial charge on any atom is -0.508 e. The van der Waals surface area contributed by atoms with E-state index in [1.165, 1.54) is 0 Å². The maximum Gasteiger partial charge on any atom is 0.230 e. The van der Waals surface area contributed by atoms with Gasteiger partial charge in [-0.15, -0.1) is 0 Å². The Labute approximate surface area is 133 Å². The molecule has 0 bridgehead atoms. The van der Waals surface area contributed by atoms with Gasteiger partial charge in [0.2, 0.25) is 5.91 Å². The molecule has 0 fully saturated rings. The molecule has 1 amide bonds. The van der Waals surface area contributed by atoms with Crippen molar-refractivity contribution in [1.82, 2.24) is 5.16 Å². The quantitative estimate of drug-likeness (QED) is 0.724. The average molecular weight is 310 g/mol. The lowest BCUT2D eigenvalue weighted by Gasteiger charge is -2.08. The van der Waals surface area contributed by atoms with Gasteiger partial charge in [0.1, 0.15) is 11.4 Å². The number of aromatic nitrogens is 1. The third kappa shape index (κ3) is 3.04. The third-order valence-electron chi connectivity index (χ3n) is 3.80. The van der Waals surface area contributed by atoms with Gasteiger partial charge in [-0.05, 0) is 61.7 Å². The molecule has 118 valence electrons. The number of phenols is 1. The van der Waals surface area contributed by atoms with Crippen LogP contribution in [0.25, 0.3) is 11.0 Å². The molecule has 0 spiro atoms. The topological polar surface area (TPSA) is 75.4 Å². The van der Waals surface area contributed by atoms with Crippen LogP contribution in [0.5, 0.6) is 5.75 Å². The molecule has 5 nitrogen and oxygen atoms in total. The van der Waals surface area contributed by atoms with Crippen LogP contribution in [0.2, 0.25) is 0 Å². The number of hydrogen-bond acceptors (Lipinski definition) is 4. The van der Waals surface area contributed by atoms with E-state index in [1.807, 2.05) is 32.9 Å². The van der Waals surface area contributed by atoms with Crippen molar-refractivity contribution >= 4 is 22.6 Å². The Morgan fingerprint density at radius 2 is 1.96 bits per heavy atom. The van der Waals surface area contributed by atoms with Crippen molar-refractivity contribution in [2.24, 2.45) is 0 Å². The van der Waals surface area contributed by atoms with Crippen molar-refractivity contribution in [2.45, 2.75) is 27.2 Å². The standard InChI is InChI=1S/C18H18N2O3/c1-10-6-12(3)18-15(20-23-16(18)7-10)9-17(22)19-14-5-4-13(21)8-11(14)2/h4-8,21H,9H2,1-3H3,(H,19,22). The summed E-state index contributed by atoms with van der Waals surface area (Å²) < 4.78 is 5.34. The van der Waals surface area contributed by atoms with E-state index in [0.717, 1.165) is 22.1 Å². The molecule has 0 aliphatic rings. The molecule has 3 rings (SSSR count). The second-order valence-electron chi connectivity index (χ2n) is 5.81. The molecule has 2 aromatic carbocycles. The highest BCUT2D eigenvalue weighted by molar-refractivity contribution is 5.96. The predicted molar refractivity (Wildman–Crippen MR) is 88.7 cm³/mol. The fraction of sp³-hybridized carbons (Fsp3) is 0.222. The van der Waals surface area contributed by atoms with Crippen LogP contribution in [0, 0.1) is 20.8 Å². The second kappa shape index (κ2) is 5.76. The largest absolute Gasteiger partial charge is 0.508 e. The van der Waals surface area contributed by atoms with Crippen molar-refractivity contribution in [2.75, 3.05) is 5.32 Å². The van der Waals surface area contributed by atoms with Gasteiger partial charge in [-0.3, -0.25) is 4.79 Å². The Hall–Kier alpha value is -2.82. The zero-order chi connectivity index (χ0) is 16.6. The van der Waals surface area contributed by atoms with E-state index < -0.39 is 0 Å². The molecule has 0 atom stereocenters. The van der Waals surface area contributed by atoms with E-state index >= 15 is 0 Å². The number of carbonyl (C=O) groups excluding carboxylic acids is 1. The summed E-state index contributed by atoms with van der Waals surface area (Å²) in [6.07, 6.45) is 0.136. The highest BCUT2D eigenvalue weighted by atomic mass is 16.5. The number of anilines is 1. The van der Waals surface area contributed by atoms with Crippen LogP contribution >= 0.6 is 0 Å². The number of rotatable bonds is 3. The Balaban J connectivity index is 1.83. The molecule has 0 aliphatic carbocycles. The first-order valence-corrected chi connectivity index (χ1v) is 7.39. The molecule has 1 aromatic heterocycles. The zero-order valence-electron chi connectivity index (χ0n) is 13.3. The van der Waals surface area contributed by atoms with E-state index in [9.17, 15) is 9.90 Å². The van der Waals surface area contributed by atoms with Crippen molar-refractivity contribution < 1.29 is 14.4 Å². The molecular formula is C18H18N2O3. The van der Waals surface area contributed by atoms with Gasteiger partial charge in [-0.25, -0.2) is 0 Å². The van der Waals surface area contributed by atoms with Gasteiger partial charge < -0.3 is 14.9 Å². The molecular weight excluding hydrogens is 292 g/mol. The Bertz CT molecular complexity index is 897. The van der Waals surface area contributed by atoms with Crippen LogP contribution in [0.1, 0.15) is 22.4 Å². The van der Waals surface area contributed by atoms with Crippen LogP contribution in [-0.2, 0) is 11.2 Å². The molecule has 0 aliphatic heterocycles. The van der Waals surface area contributed by atoms with E-state index in [4.69, 9.17) is 4.52 Å². The number of fused-ring (bicyclic) bond motifs is 1. The summed E-state index contributed by atoms with van der Waals surface area (Å²) in [5.41, 5.74) is 4.95. The van der Waals surface area contributed by atoms with Gasteiger partial charge in [-0.1, -0.05) is 11.2 Å². The number of hydrogen-bond donors (Lipinski definition) is 2. The minimum atomic E-state index is -0.172. The fourth-order valence-corrected chi connectivity index (χ4v) is 2.78. The van der Waals surface area contributed by atoms with Crippen molar-refractivity contribution in [1.29, 1.82) is 0 Å². The minimum absolute atomic E-state index is 0.136. The van der Waals surface area contributed by atoms with Gasteiger partial charge in [0, 0.05) is 11.1 Å². The molecule has 0 radical (unpaired) electrons. The summed E-state index contributed by atoms with van der Waals surface area (Å²) in [4.78, 5) is 12.3. The number of amides is 1. The third-order valence-corrected chi connectivity index (χ3v) is 3.80. The van der Waals surface area contributed by atoms with Crippen LogP contribution in [-0.4, -0.2) is 16.2 Å². The number of benzene rings is 2. The summed E-state index contributed by atoms with van der Waals surface area (Å²) in [6.45, 7) is 5.81. The van der Waals surface area contributed by atoms with E-state index in [-0.39, 0.29) is 18.1 Å². The molecule has 3 aromatic rings. The van der Waals surface area contributed by atoms with Crippen LogP contribution in [0.15, 0.2) is 34.9 Å². The molecule has 2 N–H and O–H groups in total. The van der Waals surface area contributed by atoms with Crippen LogP contribution in [0.3, 0.4) is 0 Å². The van der Waals surface area contributed by atoms with Crippen molar-refractivity contribution in [3.05, 3.63) is 52.7 Å². The van der Waals surface area contributed by atoms with Gasteiger partial charge in [0.25, 0.3) is 0 Å². The number of carbonyl (C=O) groups is 1. The van der Waals surface area contributed by atoms with Crippen molar-refractivity contribution in [3.63, 3.8) is 0 Å². The first-order chi connectivity index (χ1) is 10.9. The molecule has 5 heteroatoms. The van der Waals surface area contributed by atoms with Gasteiger partial charge in [-0.2, -0.15) is 0 Å². The lowest BCUT2D eigenvalue weighted by molar-refractivity contribution is -0.115. The highest BCUT2D eigenvalue weighted by Crippen LogP contribution is 2.25. The number of aromatic hydroxyl groups is 1. The molecule has 0 saturated carbocycles. The predicted octanol–water partition coefficient (Wildman–Crippen LogP) is 3.64. The number of nitrogens with one attached hydrogen (secondary N) is 1. The summed E-state index contributed by atoms with van der Waals surface area (Å²) >= 11 is 0. The van der Waals surface area contributed by atoms with Crippen LogP contribution in [0.4, 0.5) is 5.69 Å².